The molecule has 0 spiro atoms. The van der Waals surface area contributed by atoms with E-state index in [1.54, 1.807) is 36.5 Å². The molecular weight excluding hydrogens is 709 g/mol. The minimum absolute atomic E-state index is 0.0433. The van der Waals surface area contributed by atoms with Crippen molar-refractivity contribution in [3.05, 3.63) is 94.8 Å². The molecule has 0 unspecified atom stereocenters. The van der Waals surface area contributed by atoms with Gasteiger partial charge in [0.25, 0.3) is 11.8 Å². The number of pyridine rings is 1. The van der Waals surface area contributed by atoms with Crippen molar-refractivity contribution < 1.29 is 42.2 Å². The van der Waals surface area contributed by atoms with E-state index in [1.165, 1.54) is 24.3 Å². The van der Waals surface area contributed by atoms with Crippen LogP contribution in [0.1, 0.15) is 47.3 Å². The molecule has 0 aliphatic heterocycles. The van der Waals surface area contributed by atoms with E-state index in [9.17, 15) is 37.5 Å². The molecule has 14 nitrogen and oxygen atoms in total. The van der Waals surface area contributed by atoms with Crippen molar-refractivity contribution in [2.75, 3.05) is 23.8 Å². The lowest BCUT2D eigenvalue weighted by molar-refractivity contribution is -0.154. The molecular formula is C34H32ClF3N8O6. The summed E-state index contributed by atoms with van der Waals surface area (Å²) in [6.45, 7) is -1.47. The Balaban J connectivity index is 1.19. The topological polar surface area (TPSA) is 197 Å². The molecule has 272 valence electrons. The number of carboxylic acids is 1. The fourth-order valence-electron chi connectivity index (χ4n) is 4.94. The number of benzene rings is 2. The minimum atomic E-state index is -4.64. The highest BCUT2D eigenvalue weighted by atomic mass is 35.5. The van der Waals surface area contributed by atoms with Gasteiger partial charge in [-0.05, 0) is 73.4 Å². The van der Waals surface area contributed by atoms with Gasteiger partial charge in [0, 0.05) is 47.6 Å². The average Bonchev–Trinajstić information content (AvgIpc) is 3.89. The van der Waals surface area contributed by atoms with Gasteiger partial charge in [0.15, 0.2) is 6.61 Å². The second-order valence-corrected chi connectivity index (χ2v) is 12.2. The highest BCUT2D eigenvalue weighted by Crippen LogP contribution is 2.48. The van der Waals surface area contributed by atoms with Crippen LogP contribution in [0.5, 0.6) is 6.01 Å². The summed E-state index contributed by atoms with van der Waals surface area (Å²) in [7, 11) is 0. The monoisotopic (exact) mass is 740 g/mol. The number of carboxylic acid groups (broad SMARTS) is 1. The van der Waals surface area contributed by atoms with E-state index >= 15 is 0 Å². The van der Waals surface area contributed by atoms with Crippen LogP contribution >= 0.6 is 11.6 Å². The molecule has 2 aromatic carbocycles. The zero-order chi connectivity index (χ0) is 37.3. The van der Waals surface area contributed by atoms with Gasteiger partial charge in [-0.3, -0.25) is 19.4 Å². The molecule has 0 saturated heterocycles. The van der Waals surface area contributed by atoms with Crippen molar-refractivity contribution in [3.8, 4) is 6.01 Å². The molecule has 2 aromatic heterocycles. The van der Waals surface area contributed by atoms with E-state index in [0.717, 1.165) is 11.3 Å². The maximum absolute atomic E-state index is 12.9. The van der Waals surface area contributed by atoms with Crippen LogP contribution in [0.25, 0.3) is 0 Å². The molecule has 5 rings (SSSR count). The molecule has 18 heteroatoms. The number of rotatable bonds is 17. The van der Waals surface area contributed by atoms with Crippen molar-refractivity contribution in [2.45, 2.75) is 49.9 Å². The van der Waals surface area contributed by atoms with Gasteiger partial charge in [-0.1, -0.05) is 29.8 Å². The lowest BCUT2D eigenvalue weighted by Gasteiger charge is -2.19. The van der Waals surface area contributed by atoms with E-state index in [1.807, 2.05) is 12.1 Å². The summed E-state index contributed by atoms with van der Waals surface area (Å²) in [6, 6.07) is 15.9. The number of ketones is 1. The maximum atomic E-state index is 12.9. The van der Waals surface area contributed by atoms with E-state index < -0.39 is 60.4 Å². The van der Waals surface area contributed by atoms with Gasteiger partial charge in [-0.25, -0.2) is 4.79 Å². The van der Waals surface area contributed by atoms with Gasteiger partial charge in [-0.2, -0.15) is 28.1 Å². The number of nitrogens with one attached hydrogen (secondary N) is 4. The normalized spacial score (nSPS) is 13.7. The molecule has 4 aromatic rings. The van der Waals surface area contributed by atoms with Crippen LogP contribution < -0.4 is 26.0 Å². The first kappa shape index (κ1) is 37.4. The standard InChI is InChI=1S/C34H32ClF3N8O6/c35-22-8-6-21(7-9-22)33(15-16-33)46-31-43-30(44-32(45-31)52-19-34(36,37)38)41-24-10-4-20(5-11-24)27(48)42-25(29(50)51)12-13-26(47)28(49)40-18-14-23-3-1-2-17-39-23/h1-11,17,25H,12-16,18-19H2,(H,40,49)(H,42,48)(H,50,51)(H2,41,43,44,45,46)/t25-/m0/s1. The first-order valence-corrected chi connectivity index (χ1v) is 16.3. The third-order valence-electron chi connectivity index (χ3n) is 7.79. The zero-order valence-electron chi connectivity index (χ0n) is 27.2. The predicted molar refractivity (Wildman–Crippen MR) is 181 cm³/mol. The van der Waals surface area contributed by atoms with Crippen LogP contribution in [0.2, 0.25) is 5.02 Å². The first-order valence-electron chi connectivity index (χ1n) is 15.9. The Morgan fingerprint density at radius 2 is 1.65 bits per heavy atom. The summed E-state index contributed by atoms with van der Waals surface area (Å²) in [4.78, 5) is 65.6. The fraction of sp³-hybridized carbons (Fsp3) is 0.294. The molecule has 5 N–H and O–H groups in total. The highest BCUT2D eigenvalue weighted by Gasteiger charge is 2.45. The number of amides is 2. The van der Waals surface area contributed by atoms with Crippen LogP contribution in [-0.2, 0) is 26.3 Å². The van der Waals surface area contributed by atoms with Gasteiger partial charge in [-0.15, -0.1) is 0 Å². The molecule has 1 atom stereocenters. The molecule has 1 aliphatic rings. The molecule has 1 saturated carbocycles. The SMILES string of the molecule is O=C(CC[C@H](NC(=O)c1ccc(Nc2nc(NC3(c4ccc(Cl)cc4)CC3)nc(OCC(F)(F)F)n2)cc1)C(=O)O)C(=O)NCCc1ccccn1. The molecule has 0 bridgehead atoms. The lowest BCUT2D eigenvalue weighted by atomic mass is 10.1. The first-order chi connectivity index (χ1) is 24.8. The highest BCUT2D eigenvalue weighted by molar-refractivity contribution is 6.36. The molecule has 2 heterocycles. The van der Waals surface area contributed by atoms with Gasteiger partial charge in [0.05, 0.1) is 5.54 Å². The molecule has 1 fully saturated rings. The Hall–Kier alpha value is -5.84. The van der Waals surface area contributed by atoms with Gasteiger partial charge < -0.3 is 31.1 Å². The van der Waals surface area contributed by atoms with E-state index in [0.29, 0.717) is 30.0 Å². The van der Waals surface area contributed by atoms with Gasteiger partial charge >= 0.3 is 18.2 Å². The predicted octanol–water partition coefficient (Wildman–Crippen LogP) is 4.60. The Morgan fingerprint density at radius 3 is 2.29 bits per heavy atom. The summed E-state index contributed by atoms with van der Waals surface area (Å²) in [5.41, 5.74) is 1.42. The van der Waals surface area contributed by atoms with Gasteiger partial charge in [0.2, 0.25) is 17.7 Å². The zero-order valence-corrected chi connectivity index (χ0v) is 28.0. The Kier molecular flexibility index (Phi) is 11.8. The number of nitrogens with zero attached hydrogens (tertiary/aromatic N) is 4. The number of halogens is 4. The van der Waals surface area contributed by atoms with Crippen LogP contribution in [0.4, 0.5) is 30.8 Å². The number of aromatic nitrogens is 4. The largest absolute Gasteiger partial charge is 0.480 e. The number of carbonyl (C=O) groups is 4. The third-order valence-corrected chi connectivity index (χ3v) is 8.04. The Morgan fingerprint density at radius 1 is 0.942 bits per heavy atom. The second kappa shape index (κ2) is 16.5. The number of hydrogen-bond acceptors (Lipinski definition) is 11. The van der Waals surface area contributed by atoms with Crippen LogP contribution in [0, 0.1) is 0 Å². The maximum Gasteiger partial charge on any atom is 0.422 e. The van der Waals surface area contributed by atoms with Crippen molar-refractivity contribution in [1.29, 1.82) is 0 Å². The van der Waals surface area contributed by atoms with Crippen molar-refractivity contribution in [1.82, 2.24) is 30.6 Å². The number of carbonyl (C=O) groups excluding carboxylic acids is 3. The average molecular weight is 741 g/mol. The number of aliphatic carboxylic acids is 1. The van der Waals surface area contributed by atoms with E-state index in [4.69, 9.17) is 16.3 Å². The molecule has 0 radical (unpaired) electrons. The summed E-state index contributed by atoms with van der Waals surface area (Å²) in [5.74, 6) is -4.08. The summed E-state index contributed by atoms with van der Waals surface area (Å²) in [5, 5.41) is 21.0. The number of hydrogen-bond donors (Lipinski definition) is 5. The fourth-order valence-corrected chi connectivity index (χ4v) is 5.07. The lowest BCUT2D eigenvalue weighted by Crippen LogP contribution is -2.42. The number of Topliss-reactive ketones (excluding diaryl/α,β-unsaturated/α-hetero) is 1. The summed E-state index contributed by atoms with van der Waals surface area (Å²) < 4.78 is 43.5. The Labute approximate surface area is 299 Å². The summed E-state index contributed by atoms with van der Waals surface area (Å²) >= 11 is 6.01. The quantitative estimate of drug-likeness (QED) is 0.0946. The third kappa shape index (κ3) is 10.8. The number of anilines is 3. The van der Waals surface area contributed by atoms with Crippen molar-refractivity contribution in [2.24, 2.45) is 0 Å². The number of alkyl halides is 3. The van der Waals surface area contributed by atoms with Crippen molar-refractivity contribution >= 4 is 52.8 Å². The minimum Gasteiger partial charge on any atom is -0.480 e. The smallest absolute Gasteiger partial charge is 0.422 e. The van der Waals surface area contributed by atoms with Crippen LogP contribution in [0.15, 0.2) is 72.9 Å². The van der Waals surface area contributed by atoms with E-state index in [-0.39, 0.29) is 30.4 Å². The van der Waals surface area contributed by atoms with Crippen LogP contribution in [-0.4, -0.2) is 74.0 Å². The van der Waals surface area contributed by atoms with Gasteiger partial charge in [0.1, 0.15) is 6.04 Å². The molecule has 52 heavy (non-hydrogen) atoms. The molecule has 2 amide bonds. The number of ether oxygens (including phenoxy) is 1. The van der Waals surface area contributed by atoms with E-state index in [2.05, 4.69) is 41.2 Å². The summed E-state index contributed by atoms with van der Waals surface area (Å²) in [6.07, 6.45) is -1.99. The van der Waals surface area contributed by atoms with Crippen LogP contribution in [0.3, 0.4) is 0 Å². The molecule has 1 aliphatic carbocycles. The van der Waals surface area contributed by atoms with Crippen molar-refractivity contribution in [3.63, 3.8) is 0 Å². The second-order valence-electron chi connectivity index (χ2n) is 11.7. The Bertz CT molecular complexity index is 1900.